The Labute approximate surface area is 241 Å². The first kappa shape index (κ1) is 28.2. The highest BCUT2D eigenvalue weighted by Crippen LogP contribution is 2.34. The van der Waals surface area contributed by atoms with Crippen LogP contribution in [-0.4, -0.2) is 34.7 Å². The summed E-state index contributed by atoms with van der Waals surface area (Å²) in [7, 11) is 0. The van der Waals surface area contributed by atoms with Gasteiger partial charge in [0.1, 0.15) is 0 Å². The molecule has 5 rings (SSSR count). The average Bonchev–Trinajstić information content (AvgIpc) is 3.60. The number of benzene rings is 2. The van der Waals surface area contributed by atoms with Crippen LogP contribution in [0.2, 0.25) is 0 Å². The summed E-state index contributed by atoms with van der Waals surface area (Å²) in [5, 5.41) is 14.3. The Hall–Kier alpha value is -4.33. The zero-order valence-corrected chi connectivity index (χ0v) is 24.8. The highest BCUT2D eigenvalue weighted by Gasteiger charge is 2.25. The highest BCUT2D eigenvalue weighted by molar-refractivity contribution is 5.78. The minimum absolute atomic E-state index is 0.0121. The third-order valence-corrected chi connectivity index (χ3v) is 7.56. The van der Waals surface area contributed by atoms with E-state index in [2.05, 4.69) is 86.6 Å². The lowest BCUT2D eigenvalue weighted by Gasteiger charge is -2.26. The van der Waals surface area contributed by atoms with Crippen LogP contribution in [0.15, 0.2) is 71.8 Å². The van der Waals surface area contributed by atoms with E-state index in [9.17, 15) is 4.79 Å². The van der Waals surface area contributed by atoms with E-state index in [0.29, 0.717) is 12.4 Å². The van der Waals surface area contributed by atoms with Crippen LogP contribution in [0.1, 0.15) is 82.7 Å². The second-order valence-corrected chi connectivity index (χ2v) is 12.0. The number of unbranched alkanes of at least 4 members (excludes halogenated alkanes) is 1. The molecule has 0 atom stereocenters. The van der Waals surface area contributed by atoms with Gasteiger partial charge >= 0.3 is 5.69 Å². The number of H-pyrrole nitrogens is 1. The Morgan fingerprint density at radius 1 is 0.976 bits per heavy atom. The van der Waals surface area contributed by atoms with E-state index in [1.807, 2.05) is 51.7 Å². The molecule has 8 nitrogen and oxygen atoms in total. The summed E-state index contributed by atoms with van der Waals surface area (Å²) < 4.78 is 3.81. The summed E-state index contributed by atoms with van der Waals surface area (Å²) in [6, 6.07) is 18.4. The number of nitrogens with zero attached hydrogens (tertiary/aromatic N) is 6. The van der Waals surface area contributed by atoms with Gasteiger partial charge in [0.15, 0.2) is 5.82 Å². The number of aryl methyl sites for hydroxylation is 1. The van der Waals surface area contributed by atoms with Crippen LogP contribution in [0.3, 0.4) is 0 Å². The third kappa shape index (κ3) is 5.78. The number of aromatic amines is 1. The molecule has 0 fully saturated rings. The third-order valence-electron chi connectivity index (χ3n) is 7.56. The maximum atomic E-state index is 14.2. The Kier molecular flexibility index (Phi) is 8.01. The zero-order valence-electron chi connectivity index (χ0n) is 24.8. The molecule has 0 aliphatic carbocycles. The van der Waals surface area contributed by atoms with Crippen molar-refractivity contribution in [3.63, 3.8) is 0 Å². The highest BCUT2D eigenvalue weighted by atomic mass is 16.1. The maximum Gasteiger partial charge on any atom is 0.333 e. The van der Waals surface area contributed by atoms with Gasteiger partial charge in [-0.05, 0) is 57.4 Å². The van der Waals surface area contributed by atoms with Crippen LogP contribution in [0.4, 0.5) is 0 Å². The summed E-state index contributed by atoms with van der Waals surface area (Å²) in [5.41, 5.74) is 7.91. The number of tetrazole rings is 1. The van der Waals surface area contributed by atoms with Crippen molar-refractivity contribution in [3.05, 3.63) is 99.9 Å². The first-order valence-electron chi connectivity index (χ1n) is 14.4. The molecule has 0 saturated carbocycles. The molecule has 0 bridgehead atoms. The van der Waals surface area contributed by atoms with Gasteiger partial charge in [-0.3, -0.25) is 14.1 Å². The molecule has 212 valence electrons. The molecule has 0 spiro atoms. The molecule has 3 heterocycles. The van der Waals surface area contributed by atoms with E-state index < -0.39 is 0 Å². The minimum atomic E-state index is -0.108. The Morgan fingerprint density at radius 2 is 1.76 bits per heavy atom. The molecule has 0 unspecified atom stereocenters. The number of pyridine rings is 1. The van der Waals surface area contributed by atoms with Gasteiger partial charge in [0.2, 0.25) is 0 Å². The van der Waals surface area contributed by atoms with E-state index >= 15 is 0 Å². The number of imidazole rings is 1. The predicted molar refractivity (Wildman–Crippen MR) is 163 cm³/mol. The molecule has 3 aromatic heterocycles. The summed E-state index contributed by atoms with van der Waals surface area (Å²) >= 11 is 0. The van der Waals surface area contributed by atoms with Crippen molar-refractivity contribution in [3.8, 4) is 28.3 Å². The van der Waals surface area contributed by atoms with Gasteiger partial charge in [0.25, 0.3) is 0 Å². The monoisotopic (exact) mass is 549 g/mol. The standard InChI is InChI=1S/C33H39N7O/c1-7-8-12-24-21-40(30-25(22(2)3)15-11-16-28(30)33(4,5)6)32(41)39(24)20-23-17-18-29(34-19-23)26-13-9-10-14-27(26)31-35-37-38-36-31/h9-11,13-19,21-22H,7-8,12,20H2,1-6H3,(H,35,36,37,38). The van der Waals surface area contributed by atoms with Gasteiger partial charge in [0, 0.05) is 29.2 Å². The zero-order chi connectivity index (χ0) is 29.1. The van der Waals surface area contributed by atoms with E-state index in [4.69, 9.17) is 4.98 Å². The molecule has 0 saturated heterocycles. The number of aromatic nitrogens is 7. The van der Waals surface area contributed by atoms with E-state index in [1.54, 1.807) is 0 Å². The van der Waals surface area contributed by atoms with Gasteiger partial charge in [-0.2, -0.15) is 0 Å². The molecule has 5 aromatic rings. The molecule has 0 radical (unpaired) electrons. The number of nitrogens with one attached hydrogen (secondary N) is 1. The van der Waals surface area contributed by atoms with Crippen LogP contribution in [-0.2, 0) is 18.4 Å². The largest absolute Gasteiger partial charge is 0.333 e. The van der Waals surface area contributed by atoms with Gasteiger partial charge in [-0.1, -0.05) is 96.5 Å². The number of hydrogen-bond acceptors (Lipinski definition) is 5. The maximum absolute atomic E-state index is 14.2. The average molecular weight is 550 g/mol. The molecule has 0 aliphatic rings. The molecule has 8 heteroatoms. The molecule has 2 aromatic carbocycles. The number of rotatable bonds is 9. The minimum Gasteiger partial charge on any atom is -0.292 e. The van der Waals surface area contributed by atoms with Crippen molar-refractivity contribution < 1.29 is 0 Å². The van der Waals surface area contributed by atoms with Gasteiger partial charge in [0.05, 0.1) is 17.9 Å². The van der Waals surface area contributed by atoms with Gasteiger partial charge in [-0.15, -0.1) is 5.10 Å². The lowest BCUT2D eigenvalue weighted by Crippen LogP contribution is -2.27. The Balaban J connectivity index is 1.55. The summed E-state index contributed by atoms with van der Waals surface area (Å²) in [6.45, 7) is 13.6. The van der Waals surface area contributed by atoms with Crippen molar-refractivity contribution in [2.75, 3.05) is 0 Å². The topological polar surface area (TPSA) is 94.3 Å². The van der Waals surface area contributed by atoms with Crippen LogP contribution in [0.25, 0.3) is 28.3 Å². The molecule has 1 N–H and O–H groups in total. The first-order chi connectivity index (χ1) is 19.7. The summed E-state index contributed by atoms with van der Waals surface area (Å²) in [4.78, 5) is 18.9. The SMILES string of the molecule is CCCCc1cn(-c2c(C(C)C)cccc2C(C)(C)C)c(=O)n1Cc1ccc(-c2ccccc2-c2nnn[nH]2)nc1. The van der Waals surface area contributed by atoms with E-state index in [-0.39, 0.29) is 17.0 Å². The fraction of sp³-hybridized carbons (Fsp3) is 0.364. The fourth-order valence-electron chi connectivity index (χ4n) is 5.36. The molecule has 0 aliphatic heterocycles. The van der Waals surface area contributed by atoms with Crippen LogP contribution in [0.5, 0.6) is 0 Å². The quantitative estimate of drug-likeness (QED) is 0.221. The van der Waals surface area contributed by atoms with Gasteiger partial charge in [-0.25, -0.2) is 9.89 Å². The van der Waals surface area contributed by atoms with Crippen molar-refractivity contribution in [1.82, 2.24) is 34.7 Å². The molecular weight excluding hydrogens is 510 g/mol. The molecule has 0 amide bonds. The number of para-hydroxylation sites is 1. The fourth-order valence-corrected chi connectivity index (χ4v) is 5.36. The predicted octanol–water partition coefficient (Wildman–Crippen LogP) is 6.69. The van der Waals surface area contributed by atoms with Crippen molar-refractivity contribution in [2.45, 2.75) is 78.7 Å². The molecular formula is C33H39N7O. The van der Waals surface area contributed by atoms with E-state index in [1.165, 1.54) is 11.1 Å². The lowest BCUT2D eigenvalue weighted by atomic mass is 9.83. The Bertz CT molecular complexity index is 1670. The smallest absolute Gasteiger partial charge is 0.292 e. The first-order valence-corrected chi connectivity index (χ1v) is 14.4. The van der Waals surface area contributed by atoms with Gasteiger partial charge < -0.3 is 0 Å². The lowest BCUT2D eigenvalue weighted by molar-refractivity contribution is 0.582. The Morgan fingerprint density at radius 3 is 2.39 bits per heavy atom. The second-order valence-electron chi connectivity index (χ2n) is 12.0. The van der Waals surface area contributed by atoms with Crippen LogP contribution < -0.4 is 5.69 Å². The summed E-state index contributed by atoms with van der Waals surface area (Å²) in [5.74, 6) is 0.880. The van der Waals surface area contributed by atoms with Crippen molar-refractivity contribution in [1.29, 1.82) is 0 Å². The second kappa shape index (κ2) is 11.6. The normalized spacial score (nSPS) is 11.9. The molecule has 41 heavy (non-hydrogen) atoms. The summed E-state index contributed by atoms with van der Waals surface area (Å²) in [6.07, 6.45) is 6.85. The van der Waals surface area contributed by atoms with Crippen molar-refractivity contribution >= 4 is 0 Å². The van der Waals surface area contributed by atoms with Crippen LogP contribution >= 0.6 is 0 Å². The van der Waals surface area contributed by atoms with Crippen LogP contribution in [0, 0.1) is 0 Å². The van der Waals surface area contributed by atoms with Crippen molar-refractivity contribution in [2.24, 2.45) is 0 Å². The number of hydrogen-bond donors (Lipinski definition) is 1. The van der Waals surface area contributed by atoms with E-state index in [0.717, 1.165) is 53.0 Å².